The summed E-state index contributed by atoms with van der Waals surface area (Å²) in [5.41, 5.74) is 0. The van der Waals surface area contributed by atoms with Crippen molar-refractivity contribution in [3.8, 4) is 0 Å². The van der Waals surface area contributed by atoms with Gasteiger partial charge < -0.3 is 89.9 Å². The number of amides is 1. The van der Waals surface area contributed by atoms with Gasteiger partial charge in [-0.1, -0.05) is 266 Å². The molecule has 0 aromatic heterocycles. The molecule has 0 radical (unpaired) electrons. The Hall–Kier alpha value is -3.03. The number of aliphatic hydroxyl groups is 11. The molecule has 0 aromatic carbocycles. The molecule has 3 heterocycles. The molecule has 19 nitrogen and oxygen atoms in total. The zero-order chi connectivity index (χ0) is 68.9. The molecule has 0 aromatic rings. The number of rotatable bonds is 57. The van der Waals surface area contributed by atoms with Crippen LogP contribution in [0.2, 0.25) is 0 Å². The van der Waals surface area contributed by atoms with Gasteiger partial charge in [0.1, 0.15) is 73.2 Å². The van der Waals surface area contributed by atoms with Gasteiger partial charge in [0.25, 0.3) is 0 Å². The SMILES string of the molecule is CC/C=C\C/C=C\C/C=C\C/C=C\C/C=C\C/C=C\C/C=C\CCCCCCCCCCCC(=O)NC(COC1OC(CO)C(OC2OC(CO)C(OC3OC(CO)C(O)C(O)C3O)C(O)C2O)C(O)C1O)C(O)CCCCCCCCCCCCCCCCCCCCC. The Kier molecular flexibility index (Phi) is 51.4. The topological polar surface area (TPSA) is 307 Å². The maximum atomic E-state index is 13.5. The third kappa shape index (κ3) is 37.8. The van der Waals surface area contributed by atoms with Crippen molar-refractivity contribution >= 4 is 5.91 Å². The minimum atomic E-state index is -1.98. The molecule has 3 saturated heterocycles. The van der Waals surface area contributed by atoms with Crippen molar-refractivity contribution in [1.82, 2.24) is 5.32 Å². The molecule has 19 heteroatoms. The predicted octanol–water partition coefficient (Wildman–Crippen LogP) is 11.1. The van der Waals surface area contributed by atoms with Gasteiger partial charge in [-0.15, -0.1) is 0 Å². The molecule has 3 fully saturated rings. The van der Waals surface area contributed by atoms with Crippen LogP contribution in [0.15, 0.2) is 85.1 Å². The zero-order valence-corrected chi connectivity index (χ0v) is 58.4. The predicted molar refractivity (Wildman–Crippen MR) is 374 cm³/mol. The maximum absolute atomic E-state index is 13.5. The normalized spacial score (nSPS) is 27.7. The Balaban J connectivity index is 1.39. The largest absolute Gasteiger partial charge is 0.394 e. The van der Waals surface area contributed by atoms with Crippen molar-refractivity contribution in [3.05, 3.63) is 85.1 Å². The van der Waals surface area contributed by atoms with E-state index in [-0.39, 0.29) is 18.9 Å². The Bertz CT molecular complexity index is 2050. The highest BCUT2D eigenvalue weighted by atomic mass is 16.8. The average Bonchev–Trinajstić information content (AvgIpc) is 0.787. The highest BCUT2D eigenvalue weighted by Gasteiger charge is 2.53. The van der Waals surface area contributed by atoms with Crippen molar-refractivity contribution < 1.29 is 89.4 Å². The minimum Gasteiger partial charge on any atom is -0.394 e. The van der Waals surface area contributed by atoms with Crippen LogP contribution in [0.5, 0.6) is 0 Å². The first kappa shape index (κ1) is 86.2. The van der Waals surface area contributed by atoms with E-state index in [1.807, 2.05) is 0 Å². The van der Waals surface area contributed by atoms with Gasteiger partial charge in [-0.25, -0.2) is 0 Å². The second-order valence-electron chi connectivity index (χ2n) is 26.4. The van der Waals surface area contributed by atoms with Crippen molar-refractivity contribution in [2.24, 2.45) is 0 Å². The molecule has 550 valence electrons. The number of hydrogen-bond donors (Lipinski definition) is 12. The van der Waals surface area contributed by atoms with Crippen molar-refractivity contribution in [2.45, 2.75) is 362 Å². The summed E-state index contributed by atoms with van der Waals surface area (Å²) < 4.78 is 34.5. The first-order chi connectivity index (χ1) is 46.3. The molecule has 12 N–H and O–H groups in total. The fourth-order valence-electron chi connectivity index (χ4n) is 12.2. The third-order valence-corrected chi connectivity index (χ3v) is 18.2. The summed E-state index contributed by atoms with van der Waals surface area (Å²) in [5, 5.41) is 121. The van der Waals surface area contributed by atoms with Crippen LogP contribution < -0.4 is 5.32 Å². The summed E-state index contributed by atoms with van der Waals surface area (Å²) >= 11 is 0. The van der Waals surface area contributed by atoms with E-state index in [0.29, 0.717) is 12.8 Å². The van der Waals surface area contributed by atoms with Gasteiger partial charge in [-0.05, 0) is 70.6 Å². The summed E-state index contributed by atoms with van der Waals surface area (Å²) in [5.74, 6) is -0.251. The molecule has 1 amide bonds. The first-order valence-corrected chi connectivity index (χ1v) is 37.3. The molecule has 17 atom stereocenters. The van der Waals surface area contributed by atoms with E-state index in [9.17, 15) is 61.0 Å². The second-order valence-corrected chi connectivity index (χ2v) is 26.4. The lowest BCUT2D eigenvalue weighted by molar-refractivity contribution is -0.379. The van der Waals surface area contributed by atoms with Crippen molar-refractivity contribution in [2.75, 3.05) is 26.4 Å². The van der Waals surface area contributed by atoms with E-state index in [4.69, 9.17) is 28.4 Å². The van der Waals surface area contributed by atoms with Gasteiger partial charge in [0.2, 0.25) is 5.91 Å². The van der Waals surface area contributed by atoms with Crippen LogP contribution in [0.3, 0.4) is 0 Å². The minimum absolute atomic E-state index is 0.251. The van der Waals surface area contributed by atoms with Crippen molar-refractivity contribution in [3.63, 3.8) is 0 Å². The Labute approximate surface area is 571 Å². The molecule has 0 aliphatic carbocycles. The standard InChI is InChI=1S/C76H133NO18/c1-3-5-7-9-11-13-15-17-19-21-23-24-25-26-27-28-29-30-31-32-33-34-36-38-40-42-44-46-48-50-52-54-64(82)77-59(60(81)53-51-49-47-45-43-41-39-37-35-22-20-18-16-14-12-10-8-6-4-2)58-90-74-70(88)67(85)72(62(56-79)92-74)95-76-71(89)68(86)73(63(57-80)93-76)94-75-69(87)66(84)65(83)61(55-78)91-75/h5,7,11,13,17,19,23-24,26-27,29-30,32-33,59-63,65-76,78-81,83-89H,3-4,6,8-10,12,14-16,18,20-22,25,28,31,34-58H2,1-2H3,(H,77,82)/b7-5-,13-11-,19-17-,24-23-,27-26-,30-29-,33-32-. The van der Waals surface area contributed by atoms with Crippen molar-refractivity contribution in [1.29, 1.82) is 0 Å². The van der Waals surface area contributed by atoms with E-state index < -0.39 is 124 Å². The van der Waals surface area contributed by atoms with Crippen LogP contribution in [0.25, 0.3) is 0 Å². The zero-order valence-electron chi connectivity index (χ0n) is 58.4. The molecule has 0 spiro atoms. The fourth-order valence-corrected chi connectivity index (χ4v) is 12.2. The van der Waals surface area contributed by atoms with Crippen LogP contribution in [0.4, 0.5) is 0 Å². The third-order valence-electron chi connectivity index (χ3n) is 18.2. The fraction of sp³-hybridized carbons (Fsp3) is 0.803. The Morgan fingerprint density at radius 1 is 0.389 bits per heavy atom. The van der Waals surface area contributed by atoms with Gasteiger partial charge in [-0.3, -0.25) is 4.79 Å². The van der Waals surface area contributed by atoms with Crippen LogP contribution in [-0.2, 0) is 33.2 Å². The Morgan fingerprint density at radius 3 is 1.14 bits per heavy atom. The van der Waals surface area contributed by atoms with E-state index in [1.54, 1.807) is 0 Å². The number of allylic oxidation sites excluding steroid dienone is 14. The van der Waals surface area contributed by atoms with Gasteiger partial charge in [0.05, 0.1) is 38.6 Å². The molecule has 3 aliphatic rings. The molecule has 0 saturated carbocycles. The molecule has 0 bridgehead atoms. The van der Waals surface area contributed by atoms with Crippen LogP contribution in [0, 0.1) is 0 Å². The summed E-state index contributed by atoms with van der Waals surface area (Å²) in [6, 6.07) is -0.897. The molecule has 3 rings (SSSR count). The average molecular weight is 1350 g/mol. The lowest BCUT2D eigenvalue weighted by atomic mass is 9.96. The number of ether oxygens (including phenoxy) is 6. The van der Waals surface area contributed by atoms with E-state index in [1.165, 1.54) is 122 Å². The first-order valence-electron chi connectivity index (χ1n) is 37.3. The van der Waals surface area contributed by atoms with E-state index in [2.05, 4.69) is 104 Å². The highest BCUT2D eigenvalue weighted by molar-refractivity contribution is 5.76. The van der Waals surface area contributed by atoms with Crippen LogP contribution in [-0.4, -0.2) is 193 Å². The monoisotopic (exact) mass is 1350 g/mol. The van der Waals surface area contributed by atoms with Crippen LogP contribution >= 0.6 is 0 Å². The quantitative estimate of drug-likeness (QED) is 0.0199. The lowest BCUT2D eigenvalue weighted by Gasteiger charge is -2.48. The van der Waals surface area contributed by atoms with Gasteiger partial charge in [0.15, 0.2) is 18.9 Å². The number of hydrogen-bond acceptors (Lipinski definition) is 18. The molecular weight excluding hydrogens is 1210 g/mol. The lowest BCUT2D eigenvalue weighted by Crippen LogP contribution is -2.66. The van der Waals surface area contributed by atoms with Gasteiger partial charge >= 0.3 is 0 Å². The number of unbranched alkanes of at least 4 members (excludes halogenated alkanes) is 27. The van der Waals surface area contributed by atoms with Gasteiger partial charge in [0, 0.05) is 6.42 Å². The summed E-state index contributed by atoms with van der Waals surface area (Å²) in [4.78, 5) is 13.5. The summed E-state index contributed by atoms with van der Waals surface area (Å²) in [7, 11) is 0. The van der Waals surface area contributed by atoms with Gasteiger partial charge in [-0.2, -0.15) is 0 Å². The highest BCUT2D eigenvalue weighted by Crippen LogP contribution is 2.33. The molecular formula is C76H133NO18. The maximum Gasteiger partial charge on any atom is 0.220 e. The smallest absolute Gasteiger partial charge is 0.220 e. The molecule has 95 heavy (non-hydrogen) atoms. The number of carbonyl (C=O) groups is 1. The number of nitrogens with one attached hydrogen (secondary N) is 1. The molecule has 3 aliphatic heterocycles. The van der Waals surface area contributed by atoms with E-state index in [0.717, 1.165) is 103 Å². The van der Waals surface area contributed by atoms with E-state index >= 15 is 0 Å². The second kappa shape index (κ2) is 56.7. The summed E-state index contributed by atoms with van der Waals surface area (Å²) in [6.07, 6.45) is 46.5. The summed E-state index contributed by atoms with van der Waals surface area (Å²) in [6.45, 7) is 1.69. The number of aliphatic hydroxyl groups excluding tert-OH is 11. The number of carbonyl (C=O) groups excluding carboxylic acids is 1. The van der Waals surface area contributed by atoms with Crippen LogP contribution in [0.1, 0.15) is 258 Å². The Morgan fingerprint density at radius 2 is 0.726 bits per heavy atom. The molecule has 17 unspecified atom stereocenters.